The molecule has 7 heteroatoms. The predicted molar refractivity (Wildman–Crippen MR) is 125 cm³/mol. The molecule has 0 radical (unpaired) electrons. The molecule has 1 fully saturated rings. The number of halogens is 1. The molecular formula is C22H21ClN2O2S2. The molecule has 1 aliphatic heterocycles. The lowest BCUT2D eigenvalue weighted by molar-refractivity contribution is -0.122. The molecule has 0 spiro atoms. The van der Waals surface area contributed by atoms with Crippen molar-refractivity contribution in [1.29, 1.82) is 0 Å². The summed E-state index contributed by atoms with van der Waals surface area (Å²) >= 11 is 12.7. The zero-order chi connectivity index (χ0) is 20.8. The van der Waals surface area contributed by atoms with Gasteiger partial charge in [-0.1, -0.05) is 78.9 Å². The van der Waals surface area contributed by atoms with E-state index in [-0.39, 0.29) is 18.2 Å². The van der Waals surface area contributed by atoms with E-state index in [1.54, 1.807) is 23.1 Å². The number of nitrogens with zero attached hydrogens (tertiary/aromatic N) is 1. The fourth-order valence-electron chi connectivity index (χ4n) is 2.87. The van der Waals surface area contributed by atoms with E-state index in [1.165, 1.54) is 17.3 Å². The summed E-state index contributed by atoms with van der Waals surface area (Å²) in [6.07, 6.45) is 3.64. The number of benzene rings is 2. The van der Waals surface area contributed by atoms with Gasteiger partial charge in [0.2, 0.25) is 5.91 Å². The van der Waals surface area contributed by atoms with E-state index in [0.717, 1.165) is 12.0 Å². The molecular weight excluding hydrogens is 424 g/mol. The normalized spacial score (nSPS) is 15.2. The Morgan fingerprint density at radius 2 is 1.93 bits per heavy atom. The number of carbonyl (C=O) groups excluding carboxylic acids is 2. The molecule has 1 heterocycles. The van der Waals surface area contributed by atoms with Crippen molar-refractivity contribution >= 4 is 63.5 Å². The van der Waals surface area contributed by atoms with Crippen LogP contribution in [0.5, 0.6) is 0 Å². The van der Waals surface area contributed by atoms with E-state index in [9.17, 15) is 9.59 Å². The van der Waals surface area contributed by atoms with Crippen molar-refractivity contribution < 1.29 is 9.59 Å². The SMILES string of the molecule is CCc1ccc(/C=C2/SC(=S)N(CCCC(=O)Nc3ccccc3Cl)C2=O)cc1. The number of aryl methyl sites for hydroxylation is 1. The van der Waals surface area contributed by atoms with Crippen molar-refractivity contribution in [3.63, 3.8) is 0 Å². The summed E-state index contributed by atoms with van der Waals surface area (Å²) in [6.45, 7) is 2.52. The lowest BCUT2D eigenvalue weighted by Crippen LogP contribution is -2.29. The molecule has 0 bridgehead atoms. The first kappa shape index (κ1) is 21.6. The van der Waals surface area contributed by atoms with Crippen molar-refractivity contribution in [3.05, 3.63) is 69.6 Å². The maximum atomic E-state index is 12.7. The Bertz CT molecular complexity index is 958. The van der Waals surface area contributed by atoms with Crippen LogP contribution in [-0.2, 0) is 16.0 Å². The summed E-state index contributed by atoms with van der Waals surface area (Å²) < 4.78 is 0.526. The lowest BCUT2D eigenvalue weighted by Gasteiger charge is -2.14. The second-order valence-corrected chi connectivity index (χ2v) is 8.64. The van der Waals surface area contributed by atoms with Gasteiger partial charge in [-0.15, -0.1) is 0 Å². The number of anilines is 1. The number of hydrogen-bond donors (Lipinski definition) is 1. The second-order valence-electron chi connectivity index (χ2n) is 6.56. The number of nitrogens with one attached hydrogen (secondary N) is 1. The number of carbonyl (C=O) groups is 2. The number of thiocarbonyl (C=S) groups is 1. The van der Waals surface area contributed by atoms with E-state index in [2.05, 4.69) is 24.4 Å². The van der Waals surface area contributed by atoms with Crippen molar-refractivity contribution in [3.8, 4) is 0 Å². The highest BCUT2D eigenvalue weighted by Gasteiger charge is 2.31. The quantitative estimate of drug-likeness (QED) is 0.451. The van der Waals surface area contributed by atoms with Gasteiger partial charge in [0.1, 0.15) is 4.32 Å². The van der Waals surface area contributed by atoms with Crippen LogP contribution in [0.3, 0.4) is 0 Å². The summed E-state index contributed by atoms with van der Waals surface area (Å²) in [5.74, 6) is -0.249. The Morgan fingerprint density at radius 1 is 1.21 bits per heavy atom. The smallest absolute Gasteiger partial charge is 0.266 e. The van der Waals surface area contributed by atoms with Crippen LogP contribution < -0.4 is 5.32 Å². The molecule has 1 aliphatic rings. The molecule has 1 saturated heterocycles. The summed E-state index contributed by atoms with van der Waals surface area (Å²) in [5, 5.41) is 3.28. The Kier molecular flexibility index (Phi) is 7.47. The van der Waals surface area contributed by atoms with Crippen LogP contribution in [0.1, 0.15) is 30.9 Å². The number of thioether (sulfide) groups is 1. The van der Waals surface area contributed by atoms with E-state index < -0.39 is 0 Å². The average Bonchev–Trinajstić information content (AvgIpc) is 2.97. The molecule has 0 aliphatic carbocycles. The van der Waals surface area contributed by atoms with Gasteiger partial charge in [0.25, 0.3) is 5.91 Å². The van der Waals surface area contributed by atoms with Crippen LogP contribution in [-0.4, -0.2) is 27.6 Å². The van der Waals surface area contributed by atoms with Crippen LogP contribution in [0.15, 0.2) is 53.4 Å². The number of amides is 2. The highest BCUT2D eigenvalue weighted by atomic mass is 35.5. The Labute approximate surface area is 185 Å². The van der Waals surface area contributed by atoms with Gasteiger partial charge in [0, 0.05) is 13.0 Å². The average molecular weight is 445 g/mol. The predicted octanol–water partition coefficient (Wildman–Crippen LogP) is 5.52. The molecule has 4 nitrogen and oxygen atoms in total. The maximum absolute atomic E-state index is 12.7. The highest BCUT2D eigenvalue weighted by molar-refractivity contribution is 8.26. The molecule has 2 aromatic rings. The molecule has 2 aromatic carbocycles. The summed E-state index contributed by atoms with van der Waals surface area (Å²) in [4.78, 5) is 27.0. The van der Waals surface area contributed by atoms with Crippen LogP contribution in [0.2, 0.25) is 5.02 Å². The van der Waals surface area contributed by atoms with Gasteiger partial charge in [-0.2, -0.15) is 0 Å². The molecule has 0 saturated carbocycles. The molecule has 0 atom stereocenters. The van der Waals surface area contributed by atoms with Crippen molar-refractivity contribution in [2.24, 2.45) is 0 Å². The van der Waals surface area contributed by atoms with E-state index in [4.69, 9.17) is 23.8 Å². The van der Waals surface area contributed by atoms with Gasteiger partial charge in [-0.05, 0) is 42.2 Å². The number of para-hydroxylation sites is 1. The minimum Gasteiger partial charge on any atom is -0.325 e. The standard InChI is InChI=1S/C22H21ClN2O2S2/c1-2-15-9-11-16(12-10-15)14-19-21(27)25(22(28)29-19)13-5-8-20(26)24-18-7-4-3-6-17(18)23/h3-4,6-7,9-12,14H,2,5,8,13H2,1H3,(H,24,26)/b19-14+. The Hall–Kier alpha value is -2.15. The minimum atomic E-state index is -0.143. The number of hydrogen-bond acceptors (Lipinski definition) is 4. The van der Waals surface area contributed by atoms with E-state index >= 15 is 0 Å². The van der Waals surface area contributed by atoms with Gasteiger partial charge in [-0.25, -0.2) is 0 Å². The topological polar surface area (TPSA) is 49.4 Å². The first-order chi connectivity index (χ1) is 14.0. The second kappa shape index (κ2) is 10.1. The van der Waals surface area contributed by atoms with Crippen LogP contribution in [0.25, 0.3) is 6.08 Å². The lowest BCUT2D eigenvalue weighted by atomic mass is 10.1. The van der Waals surface area contributed by atoms with Crippen molar-refractivity contribution in [2.45, 2.75) is 26.2 Å². The summed E-state index contributed by atoms with van der Waals surface area (Å²) in [6, 6.07) is 15.2. The van der Waals surface area contributed by atoms with Crippen molar-refractivity contribution in [1.82, 2.24) is 4.90 Å². The monoisotopic (exact) mass is 444 g/mol. The fraction of sp³-hybridized carbons (Fsp3) is 0.227. The molecule has 2 amide bonds. The minimum absolute atomic E-state index is 0.105. The third kappa shape index (κ3) is 5.69. The molecule has 0 aromatic heterocycles. The van der Waals surface area contributed by atoms with Gasteiger partial charge in [0.05, 0.1) is 15.6 Å². The molecule has 29 heavy (non-hydrogen) atoms. The van der Waals surface area contributed by atoms with Gasteiger partial charge in [-0.3, -0.25) is 14.5 Å². The van der Waals surface area contributed by atoms with E-state index in [1.807, 2.05) is 24.3 Å². The van der Waals surface area contributed by atoms with Gasteiger partial charge < -0.3 is 5.32 Å². The Balaban J connectivity index is 1.54. The first-order valence-electron chi connectivity index (χ1n) is 9.36. The molecule has 1 N–H and O–H groups in total. The maximum Gasteiger partial charge on any atom is 0.266 e. The molecule has 150 valence electrons. The highest BCUT2D eigenvalue weighted by Crippen LogP contribution is 2.32. The summed E-state index contributed by atoms with van der Waals surface area (Å²) in [5.41, 5.74) is 2.81. The molecule has 0 unspecified atom stereocenters. The largest absolute Gasteiger partial charge is 0.325 e. The van der Waals surface area contributed by atoms with Gasteiger partial charge in [0.15, 0.2) is 0 Å². The zero-order valence-electron chi connectivity index (χ0n) is 16.0. The van der Waals surface area contributed by atoms with Crippen LogP contribution in [0, 0.1) is 0 Å². The zero-order valence-corrected chi connectivity index (χ0v) is 18.4. The third-order valence-electron chi connectivity index (χ3n) is 4.49. The fourth-order valence-corrected chi connectivity index (χ4v) is 4.36. The molecule has 3 rings (SSSR count). The summed E-state index contributed by atoms with van der Waals surface area (Å²) in [7, 11) is 0. The van der Waals surface area contributed by atoms with E-state index in [0.29, 0.717) is 32.9 Å². The van der Waals surface area contributed by atoms with Crippen LogP contribution in [0.4, 0.5) is 5.69 Å². The third-order valence-corrected chi connectivity index (χ3v) is 6.20. The first-order valence-corrected chi connectivity index (χ1v) is 11.0. The Morgan fingerprint density at radius 3 is 2.62 bits per heavy atom. The van der Waals surface area contributed by atoms with Gasteiger partial charge >= 0.3 is 0 Å². The van der Waals surface area contributed by atoms with Crippen LogP contribution >= 0.6 is 35.6 Å². The number of rotatable bonds is 7. The van der Waals surface area contributed by atoms with Crippen molar-refractivity contribution in [2.75, 3.05) is 11.9 Å².